The van der Waals surface area contributed by atoms with E-state index in [1.165, 1.54) is 9.58 Å². The second kappa shape index (κ2) is 7.83. The highest BCUT2D eigenvalue weighted by atomic mass is 16.3. The van der Waals surface area contributed by atoms with E-state index >= 15 is 0 Å². The smallest absolute Gasteiger partial charge is 0.269 e. The summed E-state index contributed by atoms with van der Waals surface area (Å²) in [6.45, 7) is 0.450. The maximum Gasteiger partial charge on any atom is 0.269 e. The van der Waals surface area contributed by atoms with E-state index in [1.807, 2.05) is 19.3 Å². The van der Waals surface area contributed by atoms with Gasteiger partial charge in [0.15, 0.2) is 11.3 Å². The van der Waals surface area contributed by atoms with Crippen molar-refractivity contribution in [3.63, 3.8) is 0 Å². The first-order chi connectivity index (χ1) is 16.2. The average Bonchev–Trinajstić information content (AvgIpc) is 3.50. The molecule has 1 saturated heterocycles. The molecule has 0 radical (unpaired) electrons. The zero-order chi connectivity index (χ0) is 24.0. The second-order valence-corrected chi connectivity index (χ2v) is 8.23. The molecule has 3 N–H and O–H groups in total. The van der Waals surface area contributed by atoms with E-state index in [0.29, 0.717) is 34.5 Å². The van der Waals surface area contributed by atoms with Crippen LogP contribution in [0.4, 0.5) is 0 Å². The minimum atomic E-state index is -1.69. The number of rotatable bonds is 3. The highest BCUT2D eigenvalue weighted by Gasteiger charge is 2.42. The van der Waals surface area contributed by atoms with Gasteiger partial charge in [0.25, 0.3) is 11.8 Å². The number of primary amides is 1. The standard InChI is InChI=1S/C24H21N7O3/c1-29-11-9-24(34,23(29)33)8-6-15-4-3-5-17(12-15)31-22-18(20(28-31)21(25)32)13-16(14-26-22)19-7-10-30(2)27-19/h3-5,7,10,12-14,34H,9,11H2,1-2H3,(H2,25,32)/t24-/m0/s1. The van der Waals surface area contributed by atoms with Crippen LogP contribution in [-0.2, 0) is 11.8 Å². The van der Waals surface area contributed by atoms with Crippen LogP contribution in [0.1, 0.15) is 22.5 Å². The summed E-state index contributed by atoms with van der Waals surface area (Å²) in [5.74, 6) is 4.51. The Kier molecular flexibility index (Phi) is 4.92. The molecular weight excluding hydrogens is 434 g/mol. The van der Waals surface area contributed by atoms with Gasteiger partial charge in [0, 0.05) is 50.6 Å². The van der Waals surface area contributed by atoms with E-state index < -0.39 is 17.4 Å². The fourth-order valence-electron chi connectivity index (χ4n) is 3.93. The fourth-order valence-corrected chi connectivity index (χ4v) is 3.93. The van der Waals surface area contributed by atoms with Crippen LogP contribution in [0.5, 0.6) is 0 Å². The molecule has 1 fully saturated rings. The predicted octanol–water partition coefficient (Wildman–Crippen LogP) is 0.865. The average molecular weight is 455 g/mol. The summed E-state index contributed by atoms with van der Waals surface area (Å²) in [7, 11) is 3.45. The van der Waals surface area contributed by atoms with Crippen molar-refractivity contribution in [1.29, 1.82) is 0 Å². The Morgan fingerprint density at radius 2 is 2.03 bits per heavy atom. The molecule has 0 unspecified atom stereocenters. The van der Waals surface area contributed by atoms with Gasteiger partial charge in [-0.15, -0.1) is 0 Å². The molecule has 0 bridgehead atoms. The number of nitrogens with zero attached hydrogens (tertiary/aromatic N) is 6. The van der Waals surface area contributed by atoms with Gasteiger partial charge in [0.1, 0.15) is 0 Å². The minimum absolute atomic E-state index is 0.0886. The Morgan fingerprint density at radius 3 is 2.71 bits per heavy atom. The first kappa shape index (κ1) is 21.4. The number of aromatic nitrogens is 5. The van der Waals surface area contributed by atoms with E-state index in [-0.39, 0.29) is 12.1 Å². The number of carbonyl (C=O) groups excluding carboxylic acids is 2. The lowest BCUT2D eigenvalue weighted by Crippen LogP contribution is -2.37. The van der Waals surface area contributed by atoms with Gasteiger partial charge in [-0.05, 0) is 30.3 Å². The second-order valence-electron chi connectivity index (χ2n) is 8.23. The molecule has 0 spiro atoms. The van der Waals surface area contributed by atoms with Gasteiger partial charge in [0.05, 0.1) is 16.8 Å². The largest absolute Gasteiger partial charge is 0.369 e. The van der Waals surface area contributed by atoms with Crippen LogP contribution >= 0.6 is 0 Å². The lowest BCUT2D eigenvalue weighted by molar-refractivity contribution is -0.137. The number of likely N-dealkylation sites (N-methyl/N-ethyl adjacent to an activating group) is 1. The van der Waals surface area contributed by atoms with Crippen LogP contribution in [-0.4, -0.2) is 65.6 Å². The molecule has 3 aromatic heterocycles. The van der Waals surface area contributed by atoms with Crippen LogP contribution in [0.15, 0.2) is 48.8 Å². The Labute approximate surface area is 194 Å². The summed E-state index contributed by atoms with van der Waals surface area (Å²) < 4.78 is 3.20. The predicted molar refractivity (Wildman–Crippen MR) is 124 cm³/mol. The number of hydrogen-bond acceptors (Lipinski definition) is 6. The van der Waals surface area contributed by atoms with Gasteiger partial charge >= 0.3 is 0 Å². The van der Waals surface area contributed by atoms with E-state index in [0.717, 1.165) is 5.56 Å². The van der Waals surface area contributed by atoms with Gasteiger partial charge in [-0.2, -0.15) is 10.2 Å². The minimum Gasteiger partial charge on any atom is -0.369 e. The summed E-state index contributed by atoms with van der Waals surface area (Å²) >= 11 is 0. The summed E-state index contributed by atoms with van der Waals surface area (Å²) in [5, 5.41) is 19.8. The quantitative estimate of drug-likeness (QED) is 0.441. The van der Waals surface area contributed by atoms with Crippen LogP contribution in [0.3, 0.4) is 0 Å². The molecule has 1 atom stereocenters. The molecule has 34 heavy (non-hydrogen) atoms. The molecule has 4 aromatic rings. The molecule has 1 aromatic carbocycles. The molecule has 5 rings (SSSR count). The normalized spacial score (nSPS) is 17.7. The number of hydrogen-bond donors (Lipinski definition) is 2. The number of aryl methyl sites for hydroxylation is 1. The molecule has 1 aliphatic heterocycles. The number of pyridine rings is 1. The number of carbonyl (C=O) groups is 2. The molecule has 1 aliphatic rings. The lowest BCUT2D eigenvalue weighted by Gasteiger charge is -2.13. The third-order valence-corrected chi connectivity index (χ3v) is 5.78. The van der Waals surface area contributed by atoms with E-state index in [9.17, 15) is 14.7 Å². The van der Waals surface area contributed by atoms with Crippen molar-refractivity contribution in [3.05, 3.63) is 60.0 Å². The molecule has 0 saturated carbocycles. The maximum atomic E-state index is 12.2. The molecule has 2 amide bonds. The third kappa shape index (κ3) is 3.58. The molecule has 4 heterocycles. The number of nitrogens with two attached hydrogens (primary N) is 1. The topological polar surface area (TPSA) is 132 Å². The lowest BCUT2D eigenvalue weighted by atomic mass is 10.0. The third-order valence-electron chi connectivity index (χ3n) is 5.78. The highest BCUT2D eigenvalue weighted by molar-refractivity contribution is 6.04. The van der Waals surface area contributed by atoms with Gasteiger partial charge in [-0.25, -0.2) is 9.67 Å². The summed E-state index contributed by atoms with van der Waals surface area (Å²) in [5.41, 5.74) is 7.07. The number of fused-ring (bicyclic) bond motifs is 1. The van der Waals surface area contributed by atoms with Crippen molar-refractivity contribution in [2.24, 2.45) is 12.8 Å². The number of amides is 2. The van der Waals surface area contributed by atoms with Crippen molar-refractivity contribution in [2.45, 2.75) is 12.0 Å². The van der Waals surface area contributed by atoms with Gasteiger partial charge in [-0.3, -0.25) is 14.3 Å². The summed E-state index contributed by atoms with van der Waals surface area (Å²) in [6, 6.07) is 10.7. The van der Waals surface area contributed by atoms with Crippen molar-refractivity contribution in [2.75, 3.05) is 13.6 Å². The zero-order valence-electron chi connectivity index (χ0n) is 18.6. The first-order valence-corrected chi connectivity index (χ1v) is 10.6. The fraction of sp³-hybridized carbons (Fsp3) is 0.208. The number of likely N-dealkylation sites (tertiary alicyclic amines) is 1. The van der Waals surface area contributed by atoms with E-state index in [2.05, 4.69) is 27.0 Å². The molecule has 170 valence electrons. The zero-order valence-corrected chi connectivity index (χ0v) is 18.6. The molecule has 10 heteroatoms. The van der Waals surface area contributed by atoms with Gasteiger partial charge in [-0.1, -0.05) is 17.9 Å². The van der Waals surface area contributed by atoms with Crippen LogP contribution in [0.25, 0.3) is 28.0 Å². The number of benzene rings is 1. The molecular formula is C24H21N7O3. The van der Waals surface area contributed by atoms with Crippen LogP contribution in [0, 0.1) is 11.8 Å². The van der Waals surface area contributed by atoms with E-state index in [1.54, 1.807) is 48.3 Å². The highest BCUT2D eigenvalue weighted by Crippen LogP contribution is 2.26. The maximum absolute atomic E-state index is 12.2. The van der Waals surface area contributed by atoms with Crippen LogP contribution < -0.4 is 5.73 Å². The summed E-state index contributed by atoms with van der Waals surface area (Å²) in [4.78, 5) is 30.3. The monoisotopic (exact) mass is 455 g/mol. The Morgan fingerprint density at radius 1 is 1.21 bits per heavy atom. The van der Waals surface area contributed by atoms with Gasteiger partial charge in [0.2, 0.25) is 5.60 Å². The Bertz CT molecular complexity index is 1520. The SMILES string of the molecule is CN1CC[C@@](O)(C#Cc2cccc(-n3nc(C(N)=O)c4cc(-c5ccn(C)n5)cnc43)c2)C1=O. The molecule has 0 aliphatic carbocycles. The number of aliphatic hydroxyl groups is 1. The van der Waals surface area contributed by atoms with E-state index in [4.69, 9.17) is 5.73 Å². The first-order valence-electron chi connectivity index (χ1n) is 10.6. The Balaban J connectivity index is 1.57. The van der Waals surface area contributed by atoms with Crippen molar-refractivity contribution >= 4 is 22.8 Å². The summed E-state index contributed by atoms with van der Waals surface area (Å²) in [6.07, 6.45) is 3.73. The van der Waals surface area contributed by atoms with Gasteiger partial charge < -0.3 is 15.7 Å². The van der Waals surface area contributed by atoms with Crippen molar-refractivity contribution in [1.82, 2.24) is 29.4 Å². The molecule has 10 nitrogen and oxygen atoms in total. The van der Waals surface area contributed by atoms with Crippen molar-refractivity contribution < 1.29 is 14.7 Å². The van der Waals surface area contributed by atoms with Crippen LogP contribution in [0.2, 0.25) is 0 Å². The van der Waals surface area contributed by atoms with Crippen molar-refractivity contribution in [3.8, 4) is 28.8 Å². The Hall–Kier alpha value is -4.49.